The van der Waals surface area contributed by atoms with Crippen LogP contribution in [0.5, 0.6) is 0 Å². The minimum absolute atomic E-state index is 0.0754. The van der Waals surface area contributed by atoms with Crippen LogP contribution < -0.4 is 0 Å². The zero-order valence-electron chi connectivity index (χ0n) is 9.56. The molecule has 1 rings (SSSR count). The maximum Gasteiger partial charge on any atom is 0.313 e. The molecule has 0 amide bonds. The molecule has 0 aliphatic rings. The van der Waals surface area contributed by atoms with Gasteiger partial charge in [0.2, 0.25) is 0 Å². The molecule has 1 N–H and O–H groups in total. The standard InChI is InChI=1S/C11H18N2O2S/c1-2-3-4-5-7-13-8-6-12-11(13)16-9-10(14)15/h6,8H,2-5,7,9H2,1H3,(H,14,15). The number of carbonyl (C=O) groups is 1. The smallest absolute Gasteiger partial charge is 0.313 e. The van der Waals surface area contributed by atoms with Crippen molar-refractivity contribution in [3.05, 3.63) is 12.4 Å². The van der Waals surface area contributed by atoms with Crippen LogP contribution in [0.15, 0.2) is 17.6 Å². The van der Waals surface area contributed by atoms with Gasteiger partial charge in [0.1, 0.15) is 0 Å². The molecule has 1 aromatic heterocycles. The first-order valence-corrected chi connectivity index (χ1v) is 6.58. The lowest BCUT2D eigenvalue weighted by Crippen LogP contribution is -2.03. The molecule has 0 bridgehead atoms. The van der Waals surface area contributed by atoms with Crippen molar-refractivity contribution in [2.75, 3.05) is 5.75 Å². The monoisotopic (exact) mass is 242 g/mol. The number of carboxylic acids is 1. The predicted molar refractivity (Wildman–Crippen MR) is 64.7 cm³/mol. The van der Waals surface area contributed by atoms with Crippen LogP contribution >= 0.6 is 11.8 Å². The molecule has 0 atom stereocenters. The fourth-order valence-corrected chi connectivity index (χ4v) is 2.15. The Labute approximate surface area is 100 Å². The van der Waals surface area contributed by atoms with E-state index in [0.717, 1.165) is 18.1 Å². The van der Waals surface area contributed by atoms with Crippen molar-refractivity contribution in [3.63, 3.8) is 0 Å². The lowest BCUT2D eigenvalue weighted by Gasteiger charge is -2.05. The summed E-state index contributed by atoms with van der Waals surface area (Å²) < 4.78 is 2.03. The highest BCUT2D eigenvalue weighted by Gasteiger charge is 2.05. The molecule has 1 heterocycles. The predicted octanol–water partition coefficient (Wildman–Crippen LogP) is 2.64. The van der Waals surface area contributed by atoms with E-state index in [9.17, 15) is 4.79 Å². The lowest BCUT2D eigenvalue weighted by molar-refractivity contribution is -0.133. The number of rotatable bonds is 8. The Balaban J connectivity index is 2.35. The van der Waals surface area contributed by atoms with Gasteiger partial charge in [-0.15, -0.1) is 0 Å². The van der Waals surface area contributed by atoms with Crippen LogP contribution in [0.4, 0.5) is 0 Å². The minimum atomic E-state index is -0.800. The first-order chi connectivity index (χ1) is 7.74. The summed E-state index contributed by atoms with van der Waals surface area (Å²) in [5.74, 6) is -0.725. The largest absolute Gasteiger partial charge is 0.481 e. The quantitative estimate of drug-likeness (QED) is 0.562. The Morgan fingerprint density at radius 1 is 1.50 bits per heavy atom. The van der Waals surface area contributed by atoms with Gasteiger partial charge in [-0.25, -0.2) is 4.98 Å². The number of imidazole rings is 1. The average Bonchev–Trinajstić information content (AvgIpc) is 2.69. The van der Waals surface area contributed by atoms with Crippen LogP contribution in [0.3, 0.4) is 0 Å². The number of carboxylic acid groups (broad SMARTS) is 1. The highest BCUT2D eigenvalue weighted by Crippen LogP contribution is 2.16. The summed E-state index contributed by atoms with van der Waals surface area (Å²) in [6.45, 7) is 3.12. The van der Waals surface area contributed by atoms with Gasteiger partial charge in [-0.2, -0.15) is 0 Å². The maximum absolute atomic E-state index is 10.4. The van der Waals surface area contributed by atoms with Gasteiger partial charge in [0, 0.05) is 18.9 Å². The van der Waals surface area contributed by atoms with E-state index in [1.807, 2.05) is 10.8 Å². The average molecular weight is 242 g/mol. The molecule has 0 aliphatic heterocycles. The van der Waals surface area contributed by atoms with Crippen LogP contribution in [0.1, 0.15) is 32.6 Å². The molecule has 0 saturated carbocycles. The fraction of sp³-hybridized carbons (Fsp3) is 0.636. The first kappa shape index (κ1) is 13.1. The van der Waals surface area contributed by atoms with Gasteiger partial charge < -0.3 is 9.67 Å². The van der Waals surface area contributed by atoms with E-state index in [2.05, 4.69) is 11.9 Å². The summed E-state index contributed by atoms with van der Waals surface area (Å²) in [5.41, 5.74) is 0. The van der Waals surface area contributed by atoms with Crippen molar-refractivity contribution >= 4 is 17.7 Å². The number of nitrogens with zero attached hydrogens (tertiary/aromatic N) is 2. The van der Waals surface area contributed by atoms with Crippen LogP contribution in [0.25, 0.3) is 0 Å². The molecule has 90 valence electrons. The molecule has 0 aliphatic carbocycles. The van der Waals surface area contributed by atoms with Crippen LogP contribution in [-0.2, 0) is 11.3 Å². The van der Waals surface area contributed by atoms with Crippen LogP contribution in [-0.4, -0.2) is 26.4 Å². The Bertz CT molecular complexity index is 326. The molecule has 1 aromatic rings. The molecule has 5 heteroatoms. The molecule has 4 nitrogen and oxygen atoms in total. The van der Waals surface area contributed by atoms with Gasteiger partial charge >= 0.3 is 5.97 Å². The highest BCUT2D eigenvalue weighted by atomic mass is 32.2. The van der Waals surface area contributed by atoms with Gasteiger partial charge in [-0.3, -0.25) is 4.79 Å². The van der Waals surface area contributed by atoms with E-state index in [1.165, 1.54) is 31.0 Å². The maximum atomic E-state index is 10.4. The highest BCUT2D eigenvalue weighted by molar-refractivity contribution is 7.99. The van der Waals surface area contributed by atoms with Crippen LogP contribution in [0, 0.1) is 0 Å². The Morgan fingerprint density at radius 2 is 2.31 bits per heavy atom. The molecule has 0 aromatic carbocycles. The number of hydrogen-bond acceptors (Lipinski definition) is 3. The van der Waals surface area contributed by atoms with Gasteiger partial charge in [-0.05, 0) is 6.42 Å². The van der Waals surface area contributed by atoms with E-state index in [1.54, 1.807) is 6.20 Å². The van der Waals surface area contributed by atoms with E-state index in [4.69, 9.17) is 5.11 Å². The van der Waals surface area contributed by atoms with Crippen molar-refractivity contribution in [1.82, 2.24) is 9.55 Å². The summed E-state index contributed by atoms with van der Waals surface area (Å²) in [4.78, 5) is 14.6. The fourth-order valence-electron chi connectivity index (χ4n) is 1.44. The number of thioether (sulfide) groups is 1. The van der Waals surface area contributed by atoms with E-state index < -0.39 is 5.97 Å². The molecule has 16 heavy (non-hydrogen) atoms. The lowest BCUT2D eigenvalue weighted by atomic mass is 10.2. The van der Waals surface area contributed by atoms with Gasteiger partial charge in [0.15, 0.2) is 5.16 Å². The number of aliphatic carboxylic acids is 1. The topological polar surface area (TPSA) is 55.1 Å². The molecule has 0 spiro atoms. The second kappa shape index (κ2) is 7.33. The summed E-state index contributed by atoms with van der Waals surface area (Å²) in [6.07, 6.45) is 8.47. The van der Waals surface area contributed by atoms with Gasteiger partial charge in [0.05, 0.1) is 5.75 Å². The van der Waals surface area contributed by atoms with Crippen molar-refractivity contribution in [3.8, 4) is 0 Å². The van der Waals surface area contributed by atoms with E-state index >= 15 is 0 Å². The number of aromatic nitrogens is 2. The third-order valence-corrected chi connectivity index (χ3v) is 3.24. The molecule has 0 unspecified atom stereocenters. The molecular weight excluding hydrogens is 224 g/mol. The second-order valence-corrected chi connectivity index (χ2v) is 4.59. The summed E-state index contributed by atoms with van der Waals surface area (Å²) in [7, 11) is 0. The zero-order valence-corrected chi connectivity index (χ0v) is 10.4. The van der Waals surface area contributed by atoms with E-state index in [-0.39, 0.29) is 5.75 Å². The first-order valence-electron chi connectivity index (χ1n) is 5.59. The SMILES string of the molecule is CCCCCCn1ccnc1SCC(=O)O. The zero-order chi connectivity index (χ0) is 11.8. The number of unbranched alkanes of at least 4 members (excludes halogenated alkanes) is 3. The van der Waals surface area contributed by atoms with Gasteiger partial charge in [-0.1, -0.05) is 37.9 Å². The van der Waals surface area contributed by atoms with Crippen LogP contribution in [0.2, 0.25) is 0 Å². The third kappa shape index (κ3) is 4.70. The van der Waals surface area contributed by atoms with Crippen molar-refractivity contribution in [1.29, 1.82) is 0 Å². The molecule has 0 saturated heterocycles. The van der Waals surface area contributed by atoms with Gasteiger partial charge in [0.25, 0.3) is 0 Å². The summed E-state index contributed by atoms with van der Waals surface area (Å²) >= 11 is 1.28. The van der Waals surface area contributed by atoms with Crippen molar-refractivity contribution < 1.29 is 9.90 Å². The number of hydrogen-bond donors (Lipinski definition) is 1. The molecule has 0 fully saturated rings. The minimum Gasteiger partial charge on any atom is -0.481 e. The Morgan fingerprint density at radius 3 is 3.00 bits per heavy atom. The normalized spacial score (nSPS) is 10.6. The second-order valence-electron chi connectivity index (χ2n) is 3.65. The third-order valence-electron chi connectivity index (χ3n) is 2.25. The molecule has 0 radical (unpaired) electrons. The number of aryl methyl sites for hydroxylation is 1. The summed E-state index contributed by atoms with van der Waals surface area (Å²) in [5, 5.41) is 9.40. The van der Waals surface area contributed by atoms with Crippen molar-refractivity contribution in [2.24, 2.45) is 0 Å². The van der Waals surface area contributed by atoms with Crippen molar-refractivity contribution in [2.45, 2.75) is 44.3 Å². The molecular formula is C11H18N2O2S. The Kier molecular flexibility index (Phi) is 6.00. The summed E-state index contributed by atoms with van der Waals surface area (Å²) in [6, 6.07) is 0. The van der Waals surface area contributed by atoms with E-state index in [0.29, 0.717) is 0 Å². The Hall–Kier alpha value is -0.970.